The molecule has 0 aromatic heterocycles. The van der Waals surface area contributed by atoms with Crippen molar-refractivity contribution in [3.05, 3.63) is 70.8 Å². The van der Waals surface area contributed by atoms with E-state index in [9.17, 15) is 14.4 Å². The van der Waals surface area contributed by atoms with E-state index in [1.165, 1.54) is 0 Å². The van der Waals surface area contributed by atoms with E-state index in [0.717, 1.165) is 11.1 Å². The predicted molar refractivity (Wildman–Crippen MR) is 112 cm³/mol. The topological polar surface area (TPSA) is 78.9 Å². The average molecular weight is 412 g/mol. The Morgan fingerprint density at radius 2 is 1.13 bits per heavy atom. The summed E-state index contributed by atoms with van der Waals surface area (Å²) < 4.78 is 15.6. The lowest BCUT2D eigenvalue weighted by Gasteiger charge is -2.25. The summed E-state index contributed by atoms with van der Waals surface area (Å²) in [4.78, 5) is 35.7. The lowest BCUT2D eigenvalue weighted by atomic mass is 9.86. The number of esters is 3. The Hall–Kier alpha value is -3.15. The summed E-state index contributed by atoms with van der Waals surface area (Å²) in [5.41, 5.74) is 2.66. The highest BCUT2D eigenvalue weighted by Crippen LogP contribution is 2.31. The van der Waals surface area contributed by atoms with E-state index in [4.69, 9.17) is 14.2 Å². The summed E-state index contributed by atoms with van der Waals surface area (Å²) in [5, 5.41) is 0. The lowest BCUT2D eigenvalue weighted by molar-refractivity contribution is -0.148. The molecule has 0 fully saturated rings. The third-order valence-electron chi connectivity index (χ3n) is 4.64. The van der Waals surface area contributed by atoms with Crippen LogP contribution in [0.2, 0.25) is 0 Å². The van der Waals surface area contributed by atoms with E-state index in [1.807, 2.05) is 31.2 Å². The maximum absolute atomic E-state index is 11.9. The smallest absolute Gasteiger partial charge is 0.338 e. The van der Waals surface area contributed by atoms with Crippen molar-refractivity contribution in [3.8, 4) is 0 Å². The van der Waals surface area contributed by atoms with Gasteiger partial charge < -0.3 is 14.2 Å². The van der Waals surface area contributed by atoms with Crippen LogP contribution in [-0.4, -0.2) is 37.2 Å². The van der Waals surface area contributed by atoms with Crippen molar-refractivity contribution in [1.29, 1.82) is 0 Å². The van der Waals surface area contributed by atoms with Crippen molar-refractivity contribution in [3.63, 3.8) is 0 Å². The van der Waals surface area contributed by atoms with Crippen molar-refractivity contribution in [2.45, 2.75) is 46.1 Å². The molecule has 6 nitrogen and oxygen atoms in total. The Bertz CT molecular complexity index is 793. The molecule has 0 saturated heterocycles. The maximum Gasteiger partial charge on any atom is 0.338 e. The van der Waals surface area contributed by atoms with Crippen LogP contribution in [0, 0.1) is 0 Å². The number of hydrogen-bond donors (Lipinski definition) is 0. The molecule has 0 aliphatic rings. The molecule has 0 amide bonds. The minimum absolute atomic E-state index is 0.270. The van der Waals surface area contributed by atoms with Gasteiger partial charge in [-0.05, 0) is 56.2 Å². The van der Waals surface area contributed by atoms with Gasteiger partial charge in [0.15, 0.2) is 0 Å². The van der Waals surface area contributed by atoms with E-state index in [-0.39, 0.29) is 30.2 Å². The van der Waals surface area contributed by atoms with E-state index < -0.39 is 6.10 Å². The summed E-state index contributed by atoms with van der Waals surface area (Å²) >= 11 is 0. The van der Waals surface area contributed by atoms with Crippen LogP contribution in [0.1, 0.15) is 71.9 Å². The van der Waals surface area contributed by atoms with E-state index in [0.29, 0.717) is 24.3 Å². The molecule has 30 heavy (non-hydrogen) atoms. The van der Waals surface area contributed by atoms with Crippen LogP contribution < -0.4 is 0 Å². The number of ether oxygens (including phenoxy) is 3. The normalized spacial score (nSPS) is 11.6. The van der Waals surface area contributed by atoms with Gasteiger partial charge in [0.1, 0.15) is 6.10 Å². The molecule has 0 bridgehead atoms. The highest BCUT2D eigenvalue weighted by molar-refractivity contribution is 5.90. The average Bonchev–Trinajstić information content (AvgIpc) is 2.75. The summed E-state index contributed by atoms with van der Waals surface area (Å²) in [6.07, 6.45) is -0.167. The van der Waals surface area contributed by atoms with Crippen LogP contribution in [0.4, 0.5) is 0 Å². The van der Waals surface area contributed by atoms with Gasteiger partial charge in [-0.25, -0.2) is 9.59 Å². The van der Waals surface area contributed by atoms with Crippen LogP contribution in [0.15, 0.2) is 48.5 Å². The van der Waals surface area contributed by atoms with Gasteiger partial charge in [-0.15, -0.1) is 0 Å². The second kappa shape index (κ2) is 11.1. The quantitative estimate of drug-likeness (QED) is 0.445. The maximum atomic E-state index is 11.9. The van der Waals surface area contributed by atoms with Gasteiger partial charge in [0.2, 0.25) is 0 Å². The number of carbonyl (C=O) groups is 3. The molecule has 0 unspecified atom stereocenters. The zero-order chi connectivity index (χ0) is 22.1. The molecular formula is C24H28O6. The largest absolute Gasteiger partial charge is 0.462 e. The van der Waals surface area contributed by atoms with Crippen LogP contribution in [0.5, 0.6) is 0 Å². The molecule has 2 aromatic rings. The van der Waals surface area contributed by atoms with Crippen molar-refractivity contribution >= 4 is 17.9 Å². The van der Waals surface area contributed by atoms with Gasteiger partial charge in [0.05, 0.1) is 24.3 Å². The standard InChI is InChI=1S/C24H28O6/c1-5-21(25)30-16(4)22(17-8-12-19(13-9-17)23(26)28-6-2)18-10-14-20(15-11-18)24(27)29-7-3/h8-16,22H,5-7H2,1-4H3/t16-/m0/s1. The third-order valence-corrected chi connectivity index (χ3v) is 4.64. The first-order valence-corrected chi connectivity index (χ1v) is 10.1. The fourth-order valence-electron chi connectivity index (χ4n) is 3.18. The molecule has 1 atom stereocenters. The second-order valence-electron chi connectivity index (χ2n) is 6.71. The summed E-state index contributed by atoms with van der Waals surface area (Å²) in [5.74, 6) is -1.33. The van der Waals surface area contributed by atoms with E-state index >= 15 is 0 Å². The molecule has 0 aliphatic carbocycles. The Labute approximate surface area is 177 Å². The molecule has 0 radical (unpaired) electrons. The highest BCUT2D eigenvalue weighted by Gasteiger charge is 2.25. The minimum Gasteiger partial charge on any atom is -0.462 e. The van der Waals surface area contributed by atoms with Gasteiger partial charge in [-0.2, -0.15) is 0 Å². The number of rotatable bonds is 9. The summed E-state index contributed by atoms with van der Waals surface area (Å²) in [6, 6.07) is 14.1. The molecule has 6 heteroatoms. The summed E-state index contributed by atoms with van der Waals surface area (Å²) in [6.45, 7) is 7.70. The Balaban J connectivity index is 2.36. The van der Waals surface area contributed by atoms with Crippen LogP contribution in [0.25, 0.3) is 0 Å². The van der Waals surface area contributed by atoms with Gasteiger partial charge >= 0.3 is 17.9 Å². The zero-order valence-corrected chi connectivity index (χ0v) is 17.8. The molecular weight excluding hydrogens is 384 g/mol. The minimum atomic E-state index is -0.445. The first-order valence-electron chi connectivity index (χ1n) is 10.1. The fraction of sp³-hybridized carbons (Fsp3) is 0.375. The van der Waals surface area contributed by atoms with Gasteiger partial charge in [0, 0.05) is 12.3 Å². The van der Waals surface area contributed by atoms with Gasteiger partial charge in [0.25, 0.3) is 0 Å². The van der Waals surface area contributed by atoms with Crippen molar-refractivity contribution in [1.82, 2.24) is 0 Å². The van der Waals surface area contributed by atoms with Gasteiger partial charge in [-0.3, -0.25) is 4.79 Å². The molecule has 0 saturated carbocycles. The molecule has 0 aliphatic heterocycles. The molecule has 160 valence electrons. The third kappa shape index (κ3) is 5.92. The predicted octanol–water partition coefficient (Wildman–Crippen LogP) is 4.51. The van der Waals surface area contributed by atoms with Crippen molar-refractivity contribution < 1.29 is 28.6 Å². The Morgan fingerprint density at radius 3 is 1.47 bits per heavy atom. The summed E-state index contributed by atoms with van der Waals surface area (Å²) in [7, 11) is 0. The van der Waals surface area contributed by atoms with Crippen molar-refractivity contribution in [2.75, 3.05) is 13.2 Å². The van der Waals surface area contributed by atoms with Gasteiger partial charge in [-0.1, -0.05) is 31.2 Å². The molecule has 2 aromatic carbocycles. The van der Waals surface area contributed by atoms with Crippen LogP contribution >= 0.6 is 0 Å². The molecule has 0 heterocycles. The van der Waals surface area contributed by atoms with Crippen LogP contribution in [-0.2, 0) is 19.0 Å². The zero-order valence-electron chi connectivity index (χ0n) is 17.8. The fourth-order valence-corrected chi connectivity index (χ4v) is 3.18. The number of hydrogen-bond acceptors (Lipinski definition) is 6. The Morgan fingerprint density at radius 1 is 0.733 bits per heavy atom. The van der Waals surface area contributed by atoms with E-state index in [1.54, 1.807) is 45.0 Å². The number of benzene rings is 2. The first-order chi connectivity index (χ1) is 14.4. The highest BCUT2D eigenvalue weighted by atomic mass is 16.5. The molecule has 2 rings (SSSR count). The van der Waals surface area contributed by atoms with Crippen molar-refractivity contribution in [2.24, 2.45) is 0 Å². The Kier molecular flexibility index (Phi) is 8.59. The van der Waals surface area contributed by atoms with E-state index in [2.05, 4.69) is 0 Å². The number of carbonyl (C=O) groups excluding carboxylic acids is 3. The monoisotopic (exact) mass is 412 g/mol. The first kappa shape index (κ1) is 23.1. The molecule has 0 N–H and O–H groups in total. The SMILES string of the molecule is CCOC(=O)c1ccc(C(c2ccc(C(=O)OCC)cc2)[C@H](C)OC(=O)CC)cc1. The second-order valence-corrected chi connectivity index (χ2v) is 6.71. The molecule has 0 spiro atoms. The van der Waals surface area contributed by atoms with Crippen LogP contribution in [0.3, 0.4) is 0 Å². The lowest BCUT2D eigenvalue weighted by Crippen LogP contribution is -2.23.